The van der Waals surface area contributed by atoms with Crippen LogP contribution in [0.4, 0.5) is 4.79 Å². The lowest BCUT2D eigenvalue weighted by atomic mass is 9.96. The van der Waals surface area contributed by atoms with Gasteiger partial charge in [-0.05, 0) is 45.7 Å². The molecule has 2 rings (SSSR count). The summed E-state index contributed by atoms with van der Waals surface area (Å²) in [5, 5.41) is 9.63. The van der Waals surface area contributed by atoms with Gasteiger partial charge in [0.15, 0.2) is 0 Å². The van der Waals surface area contributed by atoms with Crippen LogP contribution in [0.5, 0.6) is 5.75 Å². The maximum absolute atomic E-state index is 12.2. The highest BCUT2D eigenvalue weighted by molar-refractivity contribution is 5.97. The topological polar surface area (TPSA) is 108 Å². The Hall–Kier alpha value is -2.77. The molecule has 142 valence electrons. The number of nitrogens with zero attached hydrogens (tertiary/aromatic N) is 1. The van der Waals surface area contributed by atoms with E-state index in [2.05, 4.69) is 10.9 Å². The Morgan fingerprint density at radius 3 is 2.31 bits per heavy atom. The molecule has 1 saturated heterocycles. The number of carbonyl (C=O) groups excluding carboxylic acids is 3. The number of hydrogen-bond acceptors (Lipinski definition) is 5. The zero-order valence-corrected chi connectivity index (χ0v) is 15.2. The van der Waals surface area contributed by atoms with Crippen molar-refractivity contribution in [3.05, 3.63) is 29.8 Å². The van der Waals surface area contributed by atoms with Crippen LogP contribution in [0.3, 0.4) is 0 Å². The number of benzene rings is 1. The van der Waals surface area contributed by atoms with Crippen LogP contribution in [0.2, 0.25) is 0 Å². The number of carbonyl (C=O) groups is 3. The number of nitrogens with one attached hydrogen (secondary N) is 2. The van der Waals surface area contributed by atoms with Gasteiger partial charge in [-0.3, -0.25) is 20.4 Å². The molecular formula is C18H25N3O5. The zero-order valence-electron chi connectivity index (χ0n) is 15.2. The number of amides is 3. The monoisotopic (exact) mass is 363 g/mol. The number of likely N-dealkylation sites (tertiary alicyclic amines) is 1. The number of rotatable bonds is 2. The second kappa shape index (κ2) is 8.07. The predicted molar refractivity (Wildman–Crippen MR) is 94.2 cm³/mol. The fraction of sp³-hybridized carbons (Fsp3) is 0.500. The van der Waals surface area contributed by atoms with Gasteiger partial charge in [-0.15, -0.1) is 0 Å². The zero-order chi connectivity index (χ0) is 19.3. The molecular weight excluding hydrogens is 338 g/mol. The molecule has 0 atom stereocenters. The fourth-order valence-corrected chi connectivity index (χ4v) is 2.60. The van der Waals surface area contributed by atoms with E-state index in [4.69, 9.17) is 4.74 Å². The van der Waals surface area contributed by atoms with E-state index < -0.39 is 11.5 Å². The minimum Gasteiger partial charge on any atom is -0.507 e. The van der Waals surface area contributed by atoms with Gasteiger partial charge in [0, 0.05) is 19.0 Å². The largest absolute Gasteiger partial charge is 0.507 e. The molecule has 0 bridgehead atoms. The smallest absolute Gasteiger partial charge is 0.410 e. The van der Waals surface area contributed by atoms with E-state index >= 15 is 0 Å². The summed E-state index contributed by atoms with van der Waals surface area (Å²) < 4.78 is 5.32. The Balaban J connectivity index is 1.79. The summed E-state index contributed by atoms with van der Waals surface area (Å²) in [5.74, 6) is -1.39. The van der Waals surface area contributed by atoms with Crippen molar-refractivity contribution in [1.29, 1.82) is 0 Å². The molecule has 1 aromatic carbocycles. The first kappa shape index (κ1) is 19.6. The van der Waals surface area contributed by atoms with Crippen molar-refractivity contribution in [2.75, 3.05) is 13.1 Å². The van der Waals surface area contributed by atoms with Crippen LogP contribution in [0.1, 0.15) is 44.0 Å². The van der Waals surface area contributed by atoms with Gasteiger partial charge >= 0.3 is 6.09 Å². The molecule has 3 N–H and O–H groups in total. The maximum atomic E-state index is 12.2. The molecule has 1 fully saturated rings. The summed E-state index contributed by atoms with van der Waals surface area (Å²) in [7, 11) is 0. The van der Waals surface area contributed by atoms with E-state index in [1.807, 2.05) is 0 Å². The van der Waals surface area contributed by atoms with Crippen LogP contribution in [0.15, 0.2) is 24.3 Å². The minimum absolute atomic E-state index is 0.0764. The van der Waals surface area contributed by atoms with Gasteiger partial charge < -0.3 is 14.7 Å². The summed E-state index contributed by atoms with van der Waals surface area (Å²) >= 11 is 0. The van der Waals surface area contributed by atoms with E-state index in [-0.39, 0.29) is 29.2 Å². The quantitative estimate of drug-likeness (QED) is 0.695. The number of para-hydroxylation sites is 1. The highest BCUT2D eigenvalue weighted by Gasteiger charge is 2.30. The third-order valence-corrected chi connectivity index (χ3v) is 3.97. The third kappa shape index (κ3) is 5.37. The summed E-state index contributed by atoms with van der Waals surface area (Å²) in [6, 6.07) is 6.06. The van der Waals surface area contributed by atoms with E-state index in [0.717, 1.165) is 0 Å². The van der Waals surface area contributed by atoms with Crippen molar-refractivity contribution >= 4 is 17.9 Å². The number of aromatic hydroxyl groups is 1. The molecule has 0 aliphatic carbocycles. The van der Waals surface area contributed by atoms with Gasteiger partial charge in [0.2, 0.25) is 5.91 Å². The molecule has 8 heteroatoms. The van der Waals surface area contributed by atoms with Crippen LogP contribution in [0, 0.1) is 5.92 Å². The summed E-state index contributed by atoms with van der Waals surface area (Å²) in [4.78, 5) is 37.8. The van der Waals surface area contributed by atoms with Gasteiger partial charge in [0.05, 0.1) is 5.56 Å². The van der Waals surface area contributed by atoms with Gasteiger partial charge in [0.25, 0.3) is 5.91 Å². The number of phenolic OH excluding ortho intramolecular Hbond substituents is 1. The molecule has 1 heterocycles. The van der Waals surface area contributed by atoms with Crippen LogP contribution >= 0.6 is 0 Å². The van der Waals surface area contributed by atoms with Gasteiger partial charge in [-0.2, -0.15) is 0 Å². The Kier molecular flexibility index (Phi) is 6.07. The SMILES string of the molecule is CC(C)(C)OC(=O)N1CCC(C(=O)NNC(=O)c2ccccc2O)CC1. The van der Waals surface area contributed by atoms with Crippen molar-refractivity contribution in [3.8, 4) is 5.75 Å². The minimum atomic E-state index is -0.595. The summed E-state index contributed by atoms with van der Waals surface area (Å²) in [6.07, 6.45) is 0.582. The molecule has 8 nitrogen and oxygen atoms in total. The standard InChI is InChI=1S/C18H25N3O5/c1-18(2,3)26-17(25)21-10-8-12(9-11-21)15(23)19-20-16(24)13-6-4-5-7-14(13)22/h4-7,12,22H,8-11H2,1-3H3,(H,19,23)(H,20,24). The lowest BCUT2D eigenvalue weighted by Crippen LogP contribution is -2.48. The molecule has 26 heavy (non-hydrogen) atoms. The van der Waals surface area contributed by atoms with E-state index in [1.54, 1.807) is 37.8 Å². The maximum Gasteiger partial charge on any atom is 0.410 e. The average Bonchev–Trinajstić information content (AvgIpc) is 2.58. The van der Waals surface area contributed by atoms with Crippen LogP contribution in [-0.2, 0) is 9.53 Å². The Labute approximate surface area is 152 Å². The van der Waals surface area contributed by atoms with Crippen LogP contribution in [-0.4, -0.2) is 46.6 Å². The van der Waals surface area contributed by atoms with Gasteiger partial charge in [0.1, 0.15) is 11.4 Å². The number of piperidine rings is 1. The molecule has 1 aliphatic rings. The summed E-state index contributed by atoms with van der Waals surface area (Å²) in [6.45, 7) is 6.25. The first-order chi connectivity index (χ1) is 12.2. The van der Waals surface area contributed by atoms with Gasteiger partial charge in [-0.25, -0.2) is 4.79 Å². The van der Waals surface area contributed by atoms with Crippen molar-refractivity contribution in [1.82, 2.24) is 15.8 Å². The lowest BCUT2D eigenvalue weighted by molar-refractivity contribution is -0.127. The van der Waals surface area contributed by atoms with Crippen molar-refractivity contribution < 1.29 is 24.2 Å². The molecule has 0 radical (unpaired) electrons. The highest BCUT2D eigenvalue weighted by Crippen LogP contribution is 2.20. The third-order valence-electron chi connectivity index (χ3n) is 3.97. The van der Waals surface area contributed by atoms with Gasteiger partial charge in [-0.1, -0.05) is 12.1 Å². The second-order valence-corrected chi connectivity index (χ2v) is 7.20. The molecule has 0 aromatic heterocycles. The number of phenols is 1. The normalized spacial score (nSPS) is 15.3. The fourth-order valence-electron chi connectivity index (χ4n) is 2.60. The number of hydrogen-bond donors (Lipinski definition) is 3. The van der Waals surface area contributed by atoms with E-state index in [1.165, 1.54) is 12.1 Å². The summed E-state index contributed by atoms with van der Waals surface area (Å²) in [5.41, 5.74) is 4.19. The number of hydrazine groups is 1. The second-order valence-electron chi connectivity index (χ2n) is 7.20. The van der Waals surface area contributed by atoms with Crippen molar-refractivity contribution in [2.45, 2.75) is 39.2 Å². The lowest BCUT2D eigenvalue weighted by Gasteiger charge is -2.32. The molecule has 1 aromatic rings. The first-order valence-corrected chi connectivity index (χ1v) is 8.53. The van der Waals surface area contributed by atoms with Crippen molar-refractivity contribution in [2.24, 2.45) is 5.92 Å². The molecule has 0 spiro atoms. The molecule has 0 saturated carbocycles. The van der Waals surface area contributed by atoms with Crippen molar-refractivity contribution in [3.63, 3.8) is 0 Å². The molecule has 1 aliphatic heterocycles. The predicted octanol–water partition coefficient (Wildman–Crippen LogP) is 1.80. The Morgan fingerprint density at radius 2 is 1.73 bits per heavy atom. The highest BCUT2D eigenvalue weighted by atomic mass is 16.6. The molecule has 0 unspecified atom stereocenters. The number of ether oxygens (including phenoxy) is 1. The van der Waals surface area contributed by atoms with E-state index in [9.17, 15) is 19.5 Å². The average molecular weight is 363 g/mol. The first-order valence-electron chi connectivity index (χ1n) is 8.53. The van der Waals surface area contributed by atoms with Crippen LogP contribution < -0.4 is 10.9 Å². The Bertz CT molecular complexity index is 676. The van der Waals surface area contributed by atoms with Crippen LogP contribution in [0.25, 0.3) is 0 Å². The Morgan fingerprint density at radius 1 is 1.12 bits per heavy atom. The molecule has 3 amide bonds. The van der Waals surface area contributed by atoms with E-state index in [0.29, 0.717) is 25.9 Å².